The number of nitrogens with zero attached hydrogens (tertiary/aromatic N) is 4. The van der Waals surface area contributed by atoms with Crippen molar-refractivity contribution in [2.45, 2.75) is 31.7 Å². The lowest BCUT2D eigenvalue weighted by Crippen LogP contribution is -2.08. The van der Waals surface area contributed by atoms with E-state index in [2.05, 4.69) is 15.5 Å². The van der Waals surface area contributed by atoms with Gasteiger partial charge in [0.2, 0.25) is 5.16 Å². The van der Waals surface area contributed by atoms with E-state index in [-0.39, 0.29) is 12.7 Å². The van der Waals surface area contributed by atoms with Crippen molar-refractivity contribution in [3.8, 4) is 0 Å². The number of tetrazole rings is 1. The summed E-state index contributed by atoms with van der Waals surface area (Å²) < 4.78 is 6.98. The highest BCUT2D eigenvalue weighted by Gasteiger charge is 2.05. The van der Waals surface area contributed by atoms with E-state index in [0.29, 0.717) is 13.2 Å². The average Bonchev–Trinajstić information content (AvgIpc) is 2.61. The number of rotatable bonds is 7. The number of aliphatic hydroxyl groups excluding tert-OH is 1. The lowest BCUT2D eigenvalue weighted by molar-refractivity contribution is 0.0920. The van der Waals surface area contributed by atoms with E-state index in [9.17, 15) is 0 Å². The molecule has 0 aliphatic heterocycles. The van der Waals surface area contributed by atoms with Crippen molar-refractivity contribution in [1.29, 1.82) is 0 Å². The Kier molecular flexibility index (Phi) is 5.59. The summed E-state index contributed by atoms with van der Waals surface area (Å²) in [5.41, 5.74) is 0. The Morgan fingerprint density at radius 2 is 2.33 bits per heavy atom. The molecule has 7 heteroatoms. The molecular formula is C8H16N4O2S. The molecule has 0 unspecified atom stereocenters. The van der Waals surface area contributed by atoms with Crippen molar-refractivity contribution in [3.05, 3.63) is 0 Å². The molecule has 1 aromatic rings. The Bertz CT molecular complexity index is 279. The maximum absolute atomic E-state index is 8.76. The van der Waals surface area contributed by atoms with E-state index in [0.717, 1.165) is 10.9 Å². The van der Waals surface area contributed by atoms with Gasteiger partial charge in [0.05, 0.1) is 25.9 Å². The highest BCUT2D eigenvalue weighted by molar-refractivity contribution is 7.99. The molecule has 15 heavy (non-hydrogen) atoms. The van der Waals surface area contributed by atoms with Crippen molar-refractivity contribution in [2.75, 3.05) is 19.0 Å². The SMILES string of the molecule is CC(C)OCCSc1nnnn1CCO. The summed E-state index contributed by atoms with van der Waals surface area (Å²) in [5.74, 6) is 0.810. The van der Waals surface area contributed by atoms with Gasteiger partial charge < -0.3 is 9.84 Å². The van der Waals surface area contributed by atoms with Gasteiger partial charge in [0.1, 0.15) is 0 Å². The Balaban J connectivity index is 2.27. The first-order valence-electron chi connectivity index (χ1n) is 4.85. The lowest BCUT2D eigenvalue weighted by atomic mass is 10.5. The van der Waals surface area contributed by atoms with Crippen molar-refractivity contribution in [2.24, 2.45) is 0 Å². The van der Waals surface area contributed by atoms with Crippen LogP contribution in [0.5, 0.6) is 0 Å². The molecule has 1 N–H and O–H groups in total. The summed E-state index contributed by atoms with van der Waals surface area (Å²) in [6.45, 7) is 5.15. The molecule has 0 atom stereocenters. The fourth-order valence-corrected chi connectivity index (χ4v) is 1.68. The van der Waals surface area contributed by atoms with Gasteiger partial charge >= 0.3 is 0 Å². The van der Waals surface area contributed by atoms with Crippen molar-refractivity contribution < 1.29 is 9.84 Å². The molecule has 0 fully saturated rings. The first-order chi connectivity index (χ1) is 7.24. The van der Waals surface area contributed by atoms with Gasteiger partial charge in [-0.3, -0.25) is 0 Å². The predicted molar refractivity (Wildman–Crippen MR) is 56.7 cm³/mol. The van der Waals surface area contributed by atoms with Crippen molar-refractivity contribution >= 4 is 11.8 Å². The second kappa shape index (κ2) is 6.76. The predicted octanol–water partition coefficient (Wildman–Crippen LogP) is 0.182. The molecular weight excluding hydrogens is 216 g/mol. The average molecular weight is 232 g/mol. The lowest BCUT2D eigenvalue weighted by Gasteiger charge is -2.06. The molecule has 0 spiro atoms. The quantitative estimate of drug-likeness (QED) is 0.534. The molecule has 1 heterocycles. The maximum Gasteiger partial charge on any atom is 0.209 e. The van der Waals surface area contributed by atoms with E-state index in [4.69, 9.17) is 9.84 Å². The molecule has 1 aromatic heterocycles. The highest BCUT2D eigenvalue weighted by Crippen LogP contribution is 2.12. The number of ether oxygens (including phenoxy) is 1. The van der Waals surface area contributed by atoms with Crippen molar-refractivity contribution in [1.82, 2.24) is 20.2 Å². The van der Waals surface area contributed by atoms with Crippen LogP contribution < -0.4 is 0 Å². The maximum atomic E-state index is 8.76. The normalized spacial score (nSPS) is 11.2. The van der Waals surface area contributed by atoms with Crippen LogP contribution in [-0.2, 0) is 11.3 Å². The summed E-state index contributed by atoms with van der Waals surface area (Å²) in [5, 5.41) is 20.6. The molecule has 86 valence electrons. The molecule has 0 aromatic carbocycles. The van der Waals surface area contributed by atoms with Crippen LogP contribution in [0, 0.1) is 0 Å². The third-order valence-corrected chi connectivity index (χ3v) is 2.50. The molecule has 1 rings (SSSR count). The minimum atomic E-state index is 0.0428. The van der Waals surface area contributed by atoms with Crippen molar-refractivity contribution in [3.63, 3.8) is 0 Å². The smallest absolute Gasteiger partial charge is 0.209 e. The van der Waals surface area contributed by atoms with E-state index in [1.54, 1.807) is 4.68 Å². The first kappa shape index (κ1) is 12.4. The summed E-state index contributed by atoms with van der Waals surface area (Å²) in [4.78, 5) is 0. The minimum Gasteiger partial charge on any atom is -0.394 e. The first-order valence-corrected chi connectivity index (χ1v) is 5.84. The van der Waals surface area contributed by atoms with Crippen LogP contribution in [-0.4, -0.2) is 50.4 Å². The molecule has 0 saturated heterocycles. The van der Waals surface area contributed by atoms with Gasteiger partial charge in [-0.15, -0.1) is 5.10 Å². The molecule has 0 aliphatic carbocycles. The summed E-state index contributed by atoms with van der Waals surface area (Å²) in [7, 11) is 0. The van der Waals surface area contributed by atoms with Gasteiger partial charge in [-0.1, -0.05) is 11.8 Å². The van der Waals surface area contributed by atoms with E-state index >= 15 is 0 Å². The number of aromatic nitrogens is 4. The summed E-state index contributed by atoms with van der Waals surface area (Å²) in [6, 6.07) is 0. The Morgan fingerprint density at radius 1 is 1.53 bits per heavy atom. The highest BCUT2D eigenvalue weighted by atomic mass is 32.2. The molecule has 0 radical (unpaired) electrons. The van der Waals surface area contributed by atoms with Gasteiger partial charge in [-0.05, 0) is 24.3 Å². The summed E-state index contributed by atoms with van der Waals surface area (Å²) >= 11 is 1.53. The Labute approximate surface area is 93.0 Å². The van der Waals surface area contributed by atoms with Crippen LogP contribution >= 0.6 is 11.8 Å². The standard InChI is InChI=1S/C8H16N4O2S/c1-7(2)14-5-6-15-8-9-10-11-12(8)3-4-13/h7,13H,3-6H2,1-2H3. The van der Waals surface area contributed by atoms with E-state index < -0.39 is 0 Å². The molecule has 0 bridgehead atoms. The minimum absolute atomic E-state index is 0.0428. The van der Waals surface area contributed by atoms with Gasteiger partial charge in [0.25, 0.3) is 0 Å². The van der Waals surface area contributed by atoms with Crippen LogP contribution in [0.25, 0.3) is 0 Å². The number of aliphatic hydroxyl groups is 1. The number of hydrogen-bond donors (Lipinski definition) is 1. The largest absolute Gasteiger partial charge is 0.394 e. The fraction of sp³-hybridized carbons (Fsp3) is 0.875. The molecule has 0 amide bonds. The van der Waals surface area contributed by atoms with Crippen LogP contribution in [0.15, 0.2) is 5.16 Å². The third kappa shape index (κ3) is 4.59. The van der Waals surface area contributed by atoms with Gasteiger partial charge in [-0.2, -0.15) is 0 Å². The molecule has 0 saturated carbocycles. The Hall–Kier alpha value is -0.660. The second-order valence-electron chi connectivity index (χ2n) is 3.18. The number of thioether (sulfide) groups is 1. The van der Waals surface area contributed by atoms with Gasteiger partial charge in [0, 0.05) is 5.75 Å². The van der Waals surface area contributed by atoms with Gasteiger partial charge in [-0.25, -0.2) is 4.68 Å². The zero-order chi connectivity index (χ0) is 11.1. The van der Waals surface area contributed by atoms with Gasteiger partial charge in [0.15, 0.2) is 0 Å². The molecule has 0 aliphatic rings. The monoisotopic (exact) mass is 232 g/mol. The summed E-state index contributed by atoms with van der Waals surface area (Å²) in [6.07, 6.45) is 0.249. The zero-order valence-corrected chi connectivity index (χ0v) is 9.77. The van der Waals surface area contributed by atoms with E-state index in [1.165, 1.54) is 11.8 Å². The topological polar surface area (TPSA) is 73.1 Å². The van der Waals surface area contributed by atoms with Crippen LogP contribution in [0.4, 0.5) is 0 Å². The Morgan fingerprint density at radius 3 is 3.00 bits per heavy atom. The fourth-order valence-electron chi connectivity index (χ4n) is 0.952. The third-order valence-electron chi connectivity index (χ3n) is 1.58. The zero-order valence-electron chi connectivity index (χ0n) is 8.96. The van der Waals surface area contributed by atoms with Crippen LogP contribution in [0.3, 0.4) is 0 Å². The van der Waals surface area contributed by atoms with E-state index in [1.807, 2.05) is 13.8 Å². The second-order valence-corrected chi connectivity index (χ2v) is 4.24. The molecule has 6 nitrogen and oxygen atoms in total. The van der Waals surface area contributed by atoms with Crippen LogP contribution in [0.1, 0.15) is 13.8 Å². The number of hydrogen-bond acceptors (Lipinski definition) is 6. The van der Waals surface area contributed by atoms with Crippen LogP contribution in [0.2, 0.25) is 0 Å².